The topological polar surface area (TPSA) is 38.0 Å². The Hall–Kier alpha value is -2.00. The van der Waals surface area contributed by atoms with Crippen molar-refractivity contribution < 1.29 is 22.3 Å². The fourth-order valence-corrected chi connectivity index (χ4v) is 4.08. The molecular formula is C16H12F4N2OS2. The minimum Gasteiger partial charge on any atom is -0.406 e. The van der Waals surface area contributed by atoms with E-state index >= 15 is 0 Å². The summed E-state index contributed by atoms with van der Waals surface area (Å²) in [4.78, 5) is 1.16. The predicted molar refractivity (Wildman–Crippen MR) is 89.5 cm³/mol. The number of hydrogen-bond donors (Lipinski definition) is 1. The highest BCUT2D eigenvalue weighted by Gasteiger charge is 2.31. The summed E-state index contributed by atoms with van der Waals surface area (Å²) in [6, 6.07) is 10.2. The zero-order chi connectivity index (χ0) is 18.0. The van der Waals surface area contributed by atoms with Gasteiger partial charge in [0.2, 0.25) is 0 Å². The number of benzene rings is 2. The van der Waals surface area contributed by atoms with Gasteiger partial charge in [0, 0.05) is 17.2 Å². The van der Waals surface area contributed by atoms with Crippen molar-refractivity contribution >= 4 is 33.3 Å². The number of nitrogens with zero attached hydrogens (tertiary/aromatic N) is 1. The maximum Gasteiger partial charge on any atom is 0.573 e. The number of halogens is 4. The summed E-state index contributed by atoms with van der Waals surface area (Å²) < 4.78 is 55.9. The van der Waals surface area contributed by atoms with Crippen LogP contribution in [-0.4, -0.2) is 16.7 Å². The zero-order valence-corrected chi connectivity index (χ0v) is 14.3. The fourth-order valence-electron chi connectivity index (χ4n) is 2.27. The van der Waals surface area contributed by atoms with Gasteiger partial charge >= 0.3 is 6.36 Å². The maximum absolute atomic E-state index is 12.9. The second-order valence-corrected chi connectivity index (χ2v) is 7.24. The van der Waals surface area contributed by atoms with Crippen LogP contribution in [0.4, 0.5) is 17.6 Å². The molecule has 0 fully saturated rings. The van der Waals surface area contributed by atoms with Gasteiger partial charge in [0.05, 0.1) is 10.2 Å². The Kier molecular flexibility index (Phi) is 5.05. The molecule has 25 heavy (non-hydrogen) atoms. The molecular weight excluding hydrogens is 376 g/mol. The van der Waals surface area contributed by atoms with E-state index in [-0.39, 0.29) is 16.4 Å². The Labute approximate surface area is 148 Å². The summed E-state index contributed by atoms with van der Waals surface area (Å²) in [5, 5.41) is 8.02. The van der Waals surface area contributed by atoms with Crippen LogP contribution >= 0.6 is 23.1 Å². The molecule has 0 saturated carbocycles. The van der Waals surface area contributed by atoms with Gasteiger partial charge in [-0.05, 0) is 42.5 Å². The van der Waals surface area contributed by atoms with Gasteiger partial charge in [-0.1, -0.05) is 11.3 Å². The number of hydrogen-bond acceptors (Lipinski definition) is 4. The lowest BCUT2D eigenvalue weighted by Crippen LogP contribution is -2.17. The Bertz CT molecular complexity index is 932. The molecule has 132 valence electrons. The number of thiazole rings is 1. The van der Waals surface area contributed by atoms with Gasteiger partial charge in [0.1, 0.15) is 11.6 Å². The molecule has 1 heterocycles. The minimum atomic E-state index is -4.74. The second-order valence-electron chi connectivity index (χ2n) is 5.04. The SMILES string of the molecule is N=c1sc2cc(OC(F)(F)F)ccc2n1CCSc1ccc(F)cc1. The highest BCUT2D eigenvalue weighted by atomic mass is 32.2. The standard InChI is InChI=1S/C16H12F4N2OS2/c17-10-1-4-12(5-2-10)24-8-7-22-13-6-3-11(23-16(18,19)20)9-14(13)25-15(22)21/h1-6,9,21H,7-8H2. The largest absolute Gasteiger partial charge is 0.573 e. The minimum absolute atomic E-state index is 0.249. The molecule has 2 aromatic carbocycles. The van der Waals surface area contributed by atoms with Crippen LogP contribution in [0.25, 0.3) is 10.2 Å². The maximum atomic E-state index is 12.9. The highest BCUT2D eigenvalue weighted by molar-refractivity contribution is 7.99. The number of fused-ring (bicyclic) bond motifs is 1. The van der Waals surface area contributed by atoms with Crippen LogP contribution in [0, 0.1) is 11.2 Å². The van der Waals surface area contributed by atoms with Gasteiger partial charge in [-0.2, -0.15) is 0 Å². The monoisotopic (exact) mass is 388 g/mol. The molecule has 3 rings (SSSR count). The Morgan fingerprint density at radius 1 is 1.12 bits per heavy atom. The molecule has 0 aliphatic rings. The van der Waals surface area contributed by atoms with Crippen molar-refractivity contribution in [2.24, 2.45) is 0 Å². The van der Waals surface area contributed by atoms with Crippen LogP contribution in [0.3, 0.4) is 0 Å². The van der Waals surface area contributed by atoms with Gasteiger partial charge in [-0.15, -0.1) is 24.9 Å². The predicted octanol–water partition coefficient (Wildman–Crippen LogP) is 5.01. The molecule has 0 aliphatic carbocycles. The number of aryl methyl sites for hydroxylation is 1. The van der Waals surface area contributed by atoms with E-state index < -0.39 is 6.36 Å². The Morgan fingerprint density at radius 3 is 2.52 bits per heavy atom. The van der Waals surface area contributed by atoms with E-state index in [0.717, 1.165) is 16.2 Å². The molecule has 0 radical (unpaired) electrons. The van der Waals surface area contributed by atoms with Gasteiger partial charge < -0.3 is 9.30 Å². The normalized spacial score (nSPS) is 11.8. The molecule has 1 aromatic heterocycles. The van der Waals surface area contributed by atoms with E-state index in [1.807, 2.05) is 0 Å². The van der Waals surface area contributed by atoms with Crippen LogP contribution in [-0.2, 0) is 6.54 Å². The van der Waals surface area contributed by atoms with Crippen LogP contribution in [0.15, 0.2) is 47.4 Å². The first-order valence-electron chi connectivity index (χ1n) is 7.14. The molecule has 1 N–H and O–H groups in total. The first-order chi connectivity index (χ1) is 11.8. The van der Waals surface area contributed by atoms with Crippen LogP contribution in [0.1, 0.15) is 0 Å². The molecule has 0 atom stereocenters. The second kappa shape index (κ2) is 7.09. The lowest BCUT2D eigenvalue weighted by molar-refractivity contribution is -0.274. The lowest BCUT2D eigenvalue weighted by atomic mass is 10.3. The number of nitrogens with one attached hydrogen (secondary N) is 1. The summed E-state index contributed by atoms with van der Waals surface area (Å²) in [5.41, 5.74) is 0.684. The zero-order valence-electron chi connectivity index (χ0n) is 12.6. The molecule has 0 unspecified atom stereocenters. The van der Waals surface area contributed by atoms with Crippen LogP contribution < -0.4 is 9.54 Å². The van der Waals surface area contributed by atoms with Gasteiger partial charge in [0.15, 0.2) is 4.80 Å². The van der Waals surface area contributed by atoms with Crippen molar-refractivity contribution in [3.8, 4) is 5.75 Å². The third kappa shape index (κ3) is 4.55. The summed E-state index contributed by atoms with van der Waals surface area (Å²) in [7, 11) is 0. The lowest BCUT2D eigenvalue weighted by Gasteiger charge is -2.09. The summed E-state index contributed by atoms with van der Waals surface area (Å²) in [6.07, 6.45) is -4.74. The van der Waals surface area contributed by atoms with E-state index in [4.69, 9.17) is 5.41 Å². The van der Waals surface area contributed by atoms with Gasteiger partial charge in [-0.25, -0.2) is 4.39 Å². The average molecular weight is 388 g/mol. The van der Waals surface area contributed by atoms with E-state index in [1.54, 1.807) is 16.7 Å². The van der Waals surface area contributed by atoms with Crippen molar-refractivity contribution in [1.29, 1.82) is 5.41 Å². The van der Waals surface area contributed by atoms with Crippen molar-refractivity contribution in [3.05, 3.63) is 53.1 Å². The van der Waals surface area contributed by atoms with Gasteiger partial charge in [0.25, 0.3) is 0 Å². The number of rotatable bonds is 5. The third-order valence-corrected chi connectivity index (χ3v) is 5.26. The molecule has 0 spiro atoms. The Balaban J connectivity index is 1.74. The van der Waals surface area contributed by atoms with Crippen molar-refractivity contribution in [1.82, 2.24) is 4.57 Å². The molecule has 0 aliphatic heterocycles. The van der Waals surface area contributed by atoms with Crippen molar-refractivity contribution in [2.75, 3.05) is 5.75 Å². The molecule has 3 aromatic rings. The summed E-state index contributed by atoms with van der Waals surface area (Å²) >= 11 is 2.61. The molecule has 0 amide bonds. The van der Waals surface area contributed by atoms with Gasteiger partial charge in [-0.3, -0.25) is 5.41 Å². The molecule has 0 saturated heterocycles. The third-order valence-electron chi connectivity index (χ3n) is 3.30. The average Bonchev–Trinajstić information content (AvgIpc) is 2.83. The number of thioether (sulfide) groups is 1. The molecule has 0 bridgehead atoms. The number of ether oxygens (including phenoxy) is 1. The van der Waals surface area contributed by atoms with Crippen LogP contribution in [0.5, 0.6) is 5.75 Å². The number of aromatic nitrogens is 1. The first kappa shape index (κ1) is 17.8. The van der Waals surface area contributed by atoms with E-state index in [2.05, 4.69) is 4.74 Å². The Morgan fingerprint density at radius 2 is 1.84 bits per heavy atom. The summed E-state index contributed by atoms with van der Waals surface area (Å²) in [6.45, 7) is 0.514. The van der Waals surface area contributed by atoms with Crippen LogP contribution in [0.2, 0.25) is 0 Å². The smallest absolute Gasteiger partial charge is 0.406 e. The first-order valence-corrected chi connectivity index (χ1v) is 8.94. The molecule has 3 nitrogen and oxygen atoms in total. The number of alkyl halides is 3. The van der Waals surface area contributed by atoms with Crippen molar-refractivity contribution in [2.45, 2.75) is 17.8 Å². The molecule has 9 heteroatoms. The van der Waals surface area contributed by atoms with E-state index in [0.29, 0.717) is 22.5 Å². The quantitative estimate of drug-likeness (QED) is 0.493. The van der Waals surface area contributed by atoms with Crippen molar-refractivity contribution in [3.63, 3.8) is 0 Å². The highest BCUT2D eigenvalue weighted by Crippen LogP contribution is 2.28. The van der Waals surface area contributed by atoms with E-state index in [9.17, 15) is 17.6 Å². The fraction of sp³-hybridized carbons (Fsp3) is 0.188. The summed E-state index contributed by atoms with van der Waals surface area (Å²) in [5.74, 6) is 0.0522. The van der Waals surface area contributed by atoms with E-state index in [1.165, 1.54) is 42.1 Å².